The summed E-state index contributed by atoms with van der Waals surface area (Å²) < 4.78 is 26.9. The minimum atomic E-state index is -2.48. The van der Waals surface area contributed by atoms with Crippen LogP contribution in [0.1, 0.15) is 11.4 Å². The molecule has 0 bridgehead atoms. The molecule has 3 aromatic carbocycles. The average Bonchev–Trinajstić information content (AvgIpc) is 3.22. The number of hydrogen-bond donors (Lipinski definition) is 1. The molecule has 1 amide bonds. The van der Waals surface area contributed by atoms with Gasteiger partial charge in [-0.1, -0.05) is 72.1 Å². The molecule has 9 heteroatoms. The predicted octanol–water partition coefficient (Wildman–Crippen LogP) is 5.90. The quantitative estimate of drug-likeness (QED) is 0.301. The van der Waals surface area contributed by atoms with E-state index in [1.807, 2.05) is 65.2 Å². The molecule has 0 saturated carbocycles. The third kappa shape index (κ3) is 6.43. The van der Waals surface area contributed by atoms with Crippen LogP contribution < -0.4 is 5.32 Å². The Bertz CT molecular complexity index is 1190. The summed E-state index contributed by atoms with van der Waals surface area (Å²) in [6.45, 7) is 0. The SMILES string of the molecule is O=C(CSc1nnc(Cc2ccccc2)n1-c1ccccc1)Nc1ccc(SC(F)F)cc1. The highest BCUT2D eigenvalue weighted by atomic mass is 32.2. The van der Waals surface area contributed by atoms with Gasteiger partial charge in [-0.2, -0.15) is 8.78 Å². The summed E-state index contributed by atoms with van der Waals surface area (Å²) in [6, 6.07) is 26.1. The minimum absolute atomic E-state index is 0.129. The molecule has 1 N–H and O–H groups in total. The number of anilines is 1. The summed E-state index contributed by atoms with van der Waals surface area (Å²) >= 11 is 1.75. The average molecular weight is 483 g/mol. The fourth-order valence-corrected chi connectivity index (χ4v) is 4.44. The Morgan fingerprint density at radius 3 is 2.24 bits per heavy atom. The zero-order valence-corrected chi connectivity index (χ0v) is 19.0. The highest BCUT2D eigenvalue weighted by Crippen LogP contribution is 2.27. The van der Waals surface area contributed by atoms with Gasteiger partial charge in [0.2, 0.25) is 5.91 Å². The van der Waals surface area contributed by atoms with E-state index in [4.69, 9.17) is 0 Å². The Balaban J connectivity index is 1.45. The Labute approximate surface area is 198 Å². The van der Waals surface area contributed by atoms with Crippen molar-refractivity contribution in [1.82, 2.24) is 14.8 Å². The zero-order valence-electron chi connectivity index (χ0n) is 17.4. The lowest BCUT2D eigenvalue weighted by molar-refractivity contribution is -0.113. The smallest absolute Gasteiger partial charge is 0.288 e. The lowest BCUT2D eigenvalue weighted by Crippen LogP contribution is -2.14. The number of benzene rings is 3. The Morgan fingerprint density at radius 1 is 0.909 bits per heavy atom. The second-order valence-electron chi connectivity index (χ2n) is 6.97. The van der Waals surface area contributed by atoms with E-state index in [1.54, 1.807) is 24.3 Å². The fourth-order valence-electron chi connectivity index (χ4n) is 3.17. The molecule has 0 radical (unpaired) electrons. The maximum Gasteiger partial charge on any atom is 0.288 e. The van der Waals surface area contributed by atoms with E-state index in [-0.39, 0.29) is 11.7 Å². The van der Waals surface area contributed by atoms with Gasteiger partial charge in [0.25, 0.3) is 5.76 Å². The first-order chi connectivity index (χ1) is 16.1. The van der Waals surface area contributed by atoms with E-state index in [1.165, 1.54) is 11.8 Å². The number of carbonyl (C=O) groups is 1. The first-order valence-electron chi connectivity index (χ1n) is 10.1. The van der Waals surface area contributed by atoms with Gasteiger partial charge >= 0.3 is 0 Å². The van der Waals surface area contributed by atoms with Crippen molar-refractivity contribution in [3.8, 4) is 5.69 Å². The third-order valence-electron chi connectivity index (χ3n) is 4.62. The van der Waals surface area contributed by atoms with Gasteiger partial charge in [0.05, 0.1) is 5.75 Å². The van der Waals surface area contributed by atoms with Crippen LogP contribution >= 0.6 is 23.5 Å². The van der Waals surface area contributed by atoms with Crippen LogP contribution in [0.2, 0.25) is 0 Å². The molecule has 33 heavy (non-hydrogen) atoms. The summed E-state index contributed by atoms with van der Waals surface area (Å²) in [5, 5.41) is 12.1. The summed E-state index contributed by atoms with van der Waals surface area (Å²) in [7, 11) is 0. The van der Waals surface area contributed by atoms with Gasteiger partial charge in [-0.15, -0.1) is 10.2 Å². The first kappa shape index (κ1) is 23.0. The molecule has 5 nitrogen and oxygen atoms in total. The second-order valence-corrected chi connectivity index (χ2v) is 8.98. The van der Waals surface area contributed by atoms with E-state index in [2.05, 4.69) is 15.5 Å². The van der Waals surface area contributed by atoms with E-state index >= 15 is 0 Å². The van der Waals surface area contributed by atoms with Crippen LogP contribution in [-0.2, 0) is 11.2 Å². The summed E-state index contributed by atoms with van der Waals surface area (Å²) in [6.07, 6.45) is 0.610. The number of hydrogen-bond acceptors (Lipinski definition) is 5. The van der Waals surface area contributed by atoms with Crippen LogP contribution in [0.4, 0.5) is 14.5 Å². The van der Waals surface area contributed by atoms with Crippen LogP contribution in [-0.4, -0.2) is 32.2 Å². The van der Waals surface area contributed by atoms with E-state index in [9.17, 15) is 13.6 Å². The topological polar surface area (TPSA) is 59.8 Å². The molecule has 0 aliphatic carbocycles. The van der Waals surface area contributed by atoms with Crippen LogP contribution in [0.5, 0.6) is 0 Å². The highest BCUT2D eigenvalue weighted by molar-refractivity contribution is 8.00. The molecule has 0 spiro atoms. The standard InChI is InChI=1S/C24H20F2N4OS2/c25-23(26)33-20-13-11-18(12-14-20)27-22(31)16-32-24-29-28-21(15-17-7-3-1-4-8-17)30(24)19-9-5-2-6-10-19/h1-14,23H,15-16H2,(H,27,31). The van der Waals surface area contributed by atoms with Crippen LogP contribution in [0.25, 0.3) is 5.69 Å². The lowest BCUT2D eigenvalue weighted by Gasteiger charge is -2.10. The maximum atomic E-state index is 12.5. The van der Waals surface area contributed by atoms with E-state index in [0.717, 1.165) is 17.1 Å². The van der Waals surface area contributed by atoms with Crippen LogP contribution in [0.3, 0.4) is 0 Å². The maximum absolute atomic E-state index is 12.5. The minimum Gasteiger partial charge on any atom is -0.325 e. The highest BCUT2D eigenvalue weighted by Gasteiger charge is 2.16. The summed E-state index contributed by atoms with van der Waals surface area (Å²) in [5.74, 6) is -1.79. The van der Waals surface area contributed by atoms with Crippen molar-refractivity contribution in [2.24, 2.45) is 0 Å². The number of carbonyl (C=O) groups excluding carboxylic acids is 1. The molecule has 0 saturated heterocycles. The number of para-hydroxylation sites is 1. The number of rotatable bonds is 9. The van der Waals surface area contributed by atoms with Crippen molar-refractivity contribution in [1.29, 1.82) is 0 Å². The molecule has 1 aromatic heterocycles. The Hall–Kier alpha value is -3.17. The molecular weight excluding hydrogens is 462 g/mol. The van der Waals surface area contributed by atoms with Crippen LogP contribution in [0.15, 0.2) is 95.0 Å². The summed E-state index contributed by atoms with van der Waals surface area (Å²) in [5.41, 5.74) is 2.58. The fraction of sp³-hybridized carbons (Fsp3) is 0.125. The van der Waals surface area contributed by atoms with Gasteiger partial charge in [0.1, 0.15) is 5.82 Å². The number of thioether (sulfide) groups is 2. The van der Waals surface area contributed by atoms with Gasteiger partial charge < -0.3 is 5.32 Å². The Morgan fingerprint density at radius 2 is 1.58 bits per heavy atom. The van der Waals surface area contributed by atoms with Gasteiger partial charge in [-0.05, 0) is 42.0 Å². The van der Waals surface area contributed by atoms with E-state index < -0.39 is 5.76 Å². The number of aromatic nitrogens is 3. The largest absolute Gasteiger partial charge is 0.325 e. The predicted molar refractivity (Wildman–Crippen MR) is 128 cm³/mol. The van der Waals surface area contributed by atoms with Gasteiger partial charge in [0, 0.05) is 22.7 Å². The van der Waals surface area contributed by atoms with Crippen molar-refractivity contribution in [2.45, 2.75) is 22.2 Å². The molecular formula is C24H20F2N4OS2. The first-order valence-corrected chi connectivity index (χ1v) is 12.0. The number of nitrogens with one attached hydrogen (secondary N) is 1. The van der Waals surface area contributed by atoms with Crippen molar-refractivity contribution in [3.05, 3.63) is 96.3 Å². The normalized spacial score (nSPS) is 11.0. The number of alkyl halides is 2. The van der Waals surface area contributed by atoms with Crippen molar-refractivity contribution >= 4 is 35.1 Å². The number of amides is 1. The van der Waals surface area contributed by atoms with Gasteiger partial charge in [-0.25, -0.2) is 0 Å². The van der Waals surface area contributed by atoms with Crippen molar-refractivity contribution in [2.75, 3.05) is 11.1 Å². The number of halogens is 2. The molecule has 168 valence electrons. The number of nitrogens with zero attached hydrogens (tertiary/aromatic N) is 3. The zero-order chi connectivity index (χ0) is 23.0. The second kappa shape index (κ2) is 11.1. The molecule has 0 aliphatic heterocycles. The molecule has 0 fully saturated rings. The van der Waals surface area contributed by atoms with Crippen molar-refractivity contribution < 1.29 is 13.6 Å². The van der Waals surface area contributed by atoms with Gasteiger partial charge in [-0.3, -0.25) is 9.36 Å². The van der Waals surface area contributed by atoms with Crippen molar-refractivity contribution in [3.63, 3.8) is 0 Å². The molecule has 0 aliphatic rings. The monoisotopic (exact) mass is 482 g/mol. The Kier molecular flexibility index (Phi) is 7.74. The molecule has 4 rings (SSSR count). The molecule has 0 unspecified atom stereocenters. The third-order valence-corrected chi connectivity index (χ3v) is 6.27. The lowest BCUT2D eigenvalue weighted by atomic mass is 10.1. The molecule has 0 atom stereocenters. The molecule has 4 aromatic rings. The van der Waals surface area contributed by atoms with Crippen LogP contribution in [0, 0.1) is 0 Å². The van der Waals surface area contributed by atoms with Gasteiger partial charge in [0.15, 0.2) is 5.16 Å². The summed E-state index contributed by atoms with van der Waals surface area (Å²) in [4.78, 5) is 12.9. The van der Waals surface area contributed by atoms with E-state index in [0.29, 0.717) is 33.9 Å². The molecule has 1 heterocycles.